The number of amides is 1. The van der Waals surface area contributed by atoms with Crippen LogP contribution in [0.3, 0.4) is 0 Å². The second kappa shape index (κ2) is 9.01. The Balaban J connectivity index is 1.84. The molecular weight excluding hydrogens is 352 g/mol. The molecule has 0 spiro atoms. The number of aromatic nitrogens is 2. The van der Waals surface area contributed by atoms with E-state index in [9.17, 15) is 4.79 Å². The van der Waals surface area contributed by atoms with Gasteiger partial charge in [-0.15, -0.1) is 0 Å². The lowest BCUT2D eigenvalue weighted by Crippen LogP contribution is -2.48. The van der Waals surface area contributed by atoms with Gasteiger partial charge in [-0.05, 0) is 32.5 Å². The Morgan fingerprint density at radius 1 is 1.07 bits per heavy atom. The van der Waals surface area contributed by atoms with E-state index in [1.165, 1.54) is 0 Å². The second-order valence-electron chi connectivity index (χ2n) is 6.96. The van der Waals surface area contributed by atoms with Crippen molar-refractivity contribution in [2.24, 2.45) is 0 Å². The maximum Gasteiger partial charge on any atom is 0.253 e. The van der Waals surface area contributed by atoms with Crippen LogP contribution in [-0.4, -0.2) is 71.5 Å². The molecule has 2 N–H and O–H groups in total. The monoisotopic (exact) mass is 382 g/mol. The van der Waals surface area contributed by atoms with Gasteiger partial charge in [0, 0.05) is 56.5 Å². The van der Waals surface area contributed by atoms with E-state index < -0.39 is 0 Å². The highest BCUT2D eigenvalue weighted by Gasteiger charge is 2.21. The van der Waals surface area contributed by atoms with Crippen LogP contribution in [0, 0.1) is 0 Å². The summed E-state index contributed by atoms with van der Waals surface area (Å²) in [6.45, 7) is 12.3. The first-order valence-electron chi connectivity index (χ1n) is 10.1. The lowest BCUT2D eigenvalue weighted by atomic mass is 10.1. The SMILES string of the molecule is CCN1CCN(C(=O)c2cccc(-c3cc(N)nc(N(CC)CC)n3)c2)CC1. The van der Waals surface area contributed by atoms with Crippen LogP contribution in [0.25, 0.3) is 11.3 Å². The highest BCUT2D eigenvalue weighted by atomic mass is 16.2. The fourth-order valence-corrected chi connectivity index (χ4v) is 3.51. The predicted molar refractivity (Wildman–Crippen MR) is 113 cm³/mol. The molecule has 7 nitrogen and oxygen atoms in total. The van der Waals surface area contributed by atoms with Crippen molar-refractivity contribution >= 4 is 17.7 Å². The summed E-state index contributed by atoms with van der Waals surface area (Å²) in [6.07, 6.45) is 0. The molecule has 1 fully saturated rings. The third-order valence-electron chi connectivity index (χ3n) is 5.29. The van der Waals surface area contributed by atoms with Crippen LogP contribution >= 0.6 is 0 Å². The van der Waals surface area contributed by atoms with Gasteiger partial charge in [0.2, 0.25) is 5.95 Å². The van der Waals surface area contributed by atoms with E-state index >= 15 is 0 Å². The summed E-state index contributed by atoms with van der Waals surface area (Å²) in [7, 11) is 0. The number of rotatable bonds is 6. The van der Waals surface area contributed by atoms with Crippen LogP contribution in [-0.2, 0) is 0 Å². The number of hydrogen-bond donors (Lipinski definition) is 1. The molecule has 0 saturated carbocycles. The summed E-state index contributed by atoms with van der Waals surface area (Å²) in [5.74, 6) is 1.12. The standard InChI is InChI=1S/C21H30N6O/c1-4-25-10-12-27(13-11-25)20(28)17-9-7-8-16(14-17)18-15-19(22)24-21(23-18)26(5-2)6-3/h7-9,14-15H,4-6,10-13H2,1-3H3,(H2,22,23,24). The minimum Gasteiger partial charge on any atom is -0.384 e. The molecule has 1 aromatic heterocycles. The number of anilines is 2. The summed E-state index contributed by atoms with van der Waals surface area (Å²) in [4.78, 5) is 28.3. The van der Waals surface area contributed by atoms with E-state index in [-0.39, 0.29) is 5.91 Å². The molecule has 28 heavy (non-hydrogen) atoms. The van der Waals surface area contributed by atoms with E-state index in [0.29, 0.717) is 17.3 Å². The van der Waals surface area contributed by atoms with Crippen LogP contribution in [0.15, 0.2) is 30.3 Å². The molecule has 1 aromatic carbocycles. The van der Waals surface area contributed by atoms with Crippen molar-refractivity contribution in [1.29, 1.82) is 0 Å². The first-order chi connectivity index (χ1) is 13.5. The number of nitrogen functional groups attached to an aromatic ring is 1. The minimum absolute atomic E-state index is 0.0728. The number of likely N-dealkylation sites (N-methyl/N-ethyl adjacent to an activating group) is 1. The summed E-state index contributed by atoms with van der Waals surface area (Å²) >= 11 is 0. The Bertz CT molecular complexity index is 812. The van der Waals surface area contributed by atoms with E-state index in [0.717, 1.165) is 57.1 Å². The number of nitrogens with two attached hydrogens (primary N) is 1. The van der Waals surface area contributed by atoms with Crippen LogP contribution in [0.2, 0.25) is 0 Å². The van der Waals surface area contributed by atoms with Crippen molar-refractivity contribution in [3.05, 3.63) is 35.9 Å². The van der Waals surface area contributed by atoms with Gasteiger partial charge in [0.15, 0.2) is 0 Å². The third kappa shape index (κ3) is 4.42. The Morgan fingerprint density at radius 2 is 1.79 bits per heavy atom. The quantitative estimate of drug-likeness (QED) is 0.826. The number of benzene rings is 1. The molecular formula is C21H30N6O. The number of hydrogen-bond acceptors (Lipinski definition) is 6. The van der Waals surface area contributed by atoms with Crippen molar-refractivity contribution in [3.8, 4) is 11.3 Å². The van der Waals surface area contributed by atoms with Gasteiger partial charge in [0.25, 0.3) is 5.91 Å². The molecule has 1 aliphatic heterocycles. The molecule has 2 aromatic rings. The number of carbonyl (C=O) groups is 1. The van der Waals surface area contributed by atoms with Crippen molar-refractivity contribution in [1.82, 2.24) is 19.8 Å². The summed E-state index contributed by atoms with van der Waals surface area (Å²) in [6, 6.07) is 9.40. The molecule has 0 aliphatic carbocycles. The van der Waals surface area contributed by atoms with Gasteiger partial charge in [-0.3, -0.25) is 4.79 Å². The van der Waals surface area contributed by atoms with Gasteiger partial charge in [-0.25, -0.2) is 4.98 Å². The molecule has 1 amide bonds. The molecule has 3 rings (SSSR count). The van der Waals surface area contributed by atoms with E-state index in [1.807, 2.05) is 29.2 Å². The van der Waals surface area contributed by atoms with E-state index in [1.54, 1.807) is 6.07 Å². The molecule has 0 radical (unpaired) electrons. The summed E-state index contributed by atoms with van der Waals surface area (Å²) in [5.41, 5.74) is 8.32. The fourth-order valence-electron chi connectivity index (χ4n) is 3.51. The normalized spacial score (nSPS) is 14.9. The first kappa shape index (κ1) is 20.1. The molecule has 0 bridgehead atoms. The van der Waals surface area contributed by atoms with Crippen LogP contribution in [0.4, 0.5) is 11.8 Å². The molecule has 150 valence electrons. The zero-order chi connectivity index (χ0) is 20.1. The van der Waals surface area contributed by atoms with Crippen molar-refractivity contribution in [3.63, 3.8) is 0 Å². The van der Waals surface area contributed by atoms with Crippen LogP contribution < -0.4 is 10.6 Å². The van der Waals surface area contributed by atoms with Crippen molar-refractivity contribution in [2.45, 2.75) is 20.8 Å². The maximum absolute atomic E-state index is 13.0. The lowest BCUT2D eigenvalue weighted by molar-refractivity contribution is 0.0643. The zero-order valence-corrected chi connectivity index (χ0v) is 17.1. The van der Waals surface area contributed by atoms with Gasteiger partial charge >= 0.3 is 0 Å². The third-order valence-corrected chi connectivity index (χ3v) is 5.29. The number of carbonyl (C=O) groups excluding carboxylic acids is 1. The van der Waals surface area contributed by atoms with Gasteiger partial charge in [0.05, 0.1) is 5.69 Å². The Kier molecular flexibility index (Phi) is 6.46. The van der Waals surface area contributed by atoms with Gasteiger partial charge in [-0.1, -0.05) is 19.1 Å². The average Bonchev–Trinajstić information content (AvgIpc) is 2.74. The predicted octanol–water partition coefficient (Wildman–Crippen LogP) is 2.35. The van der Waals surface area contributed by atoms with Crippen LogP contribution in [0.5, 0.6) is 0 Å². The topological polar surface area (TPSA) is 78.6 Å². The average molecular weight is 383 g/mol. The van der Waals surface area contributed by atoms with Gasteiger partial charge in [0.1, 0.15) is 5.82 Å². The van der Waals surface area contributed by atoms with E-state index in [2.05, 4.69) is 40.5 Å². The van der Waals surface area contributed by atoms with Crippen molar-refractivity contribution in [2.75, 3.05) is 56.4 Å². The lowest BCUT2D eigenvalue weighted by Gasteiger charge is -2.34. The first-order valence-corrected chi connectivity index (χ1v) is 10.1. The number of piperazine rings is 1. The summed E-state index contributed by atoms with van der Waals surface area (Å²) in [5, 5.41) is 0. The Morgan fingerprint density at radius 3 is 2.43 bits per heavy atom. The van der Waals surface area contributed by atoms with E-state index in [4.69, 9.17) is 5.73 Å². The Labute approximate surface area is 167 Å². The molecule has 1 aliphatic rings. The largest absolute Gasteiger partial charge is 0.384 e. The molecule has 0 atom stereocenters. The maximum atomic E-state index is 13.0. The summed E-state index contributed by atoms with van der Waals surface area (Å²) < 4.78 is 0. The zero-order valence-electron chi connectivity index (χ0n) is 17.1. The fraction of sp³-hybridized carbons (Fsp3) is 0.476. The molecule has 7 heteroatoms. The molecule has 1 saturated heterocycles. The smallest absolute Gasteiger partial charge is 0.253 e. The molecule has 2 heterocycles. The highest BCUT2D eigenvalue weighted by molar-refractivity contribution is 5.95. The Hall–Kier alpha value is -2.67. The van der Waals surface area contributed by atoms with Crippen LogP contribution in [0.1, 0.15) is 31.1 Å². The minimum atomic E-state index is 0.0728. The van der Waals surface area contributed by atoms with Gasteiger partial charge < -0.3 is 20.4 Å². The number of nitrogens with zero attached hydrogens (tertiary/aromatic N) is 5. The molecule has 0 unspecified atom stereocenters. The van der Waals surface area contributed by atoms with Crippen molar-refractivity contribution < 1.29 is 4.79 Å². The second-order valence-corrected chi connectivity index (χ2v) is 6.96. The van der Waals surface area contributed by atoms with Gasteiger partial charge in [-0.2, -0.15) is 4.98 Å². The highest BCUT2D eigenvalue weighted by Crippen LogP contribution is 2.23.